The van der Waals surface area contributed by atoms with Gasteiger partial charge in [-0.05, 0) is 65.7 Å². The van der Waals surface area contributed by atoms with Crippen molar-refractivity contribution in [2.75, 3.05) is 31.1 Å². The van der Waals surface area contributed by atoms with Crippen LogP contribution in [-0.2, 0) is 4.79 Å². The van der Waals surface area contributed by atoms with E-state index >= 15 is 0 Å². The molecule has 2 aromatic rings. The van der Waals surface area contributed by atoms with Crippen LogP contribution in [0.25, 0.3) is 0 Å². The second-order valence-electron chi connectivity index (χ2n) is 6.32. The van der Waals surface area contributed by atoms with E-state index in [0.29, 0.717) is 23.9 Å². The first-order chi connectivity index (χ1) is 12.4. The number of benzene rings is 1. The Bertz CT molecular complexity index is 777. The van der Waals surface area contributed by atoms with E-state index in [1.807, 2.05) is 30.0 Å². The molecule has 1 amide bonds. The van der Waals surface area contributed by atoms with Crippen molar-refractivity contribution >= 4 is 39.3 Å². The molecule has 0 aliphatic carbocycles. The van der Waals surface area contributed by atoms with Gasteiger partial charge in [0.05, 0.1) is 0 Å². The van der Waals surface area contributed by atoms with Crippen LogP contribution in [0.4, 0.5) is 5.82 Å². The molecule has 0 bridgehead atoms. The van der Waals surface area contributed by atoms with Crippen molar-refractivity contribution in [3.05, 3.63) is 51.6 Å². The maximum atomic E-state index is 12.7. The van der Waals surface area contributed by atoms with Crippen LogP contribution in [0, 0.1) is 6.92 Å². The number of hydrogen-bond acceptors (Lipinski definition) is 4. The third kappa shape index (κ3) is 4.48. The number of piperazine rings is 1. The summed E-state index contributed by atoms with van der Waals surface area (Å²) < 4.78 is 6.82. The molecule has 1 aromatic carbocycles. The van der Waals surface area contributed by atoms with Gasteiger partial charge in [0.1, 0.15) is 11.6 Å². The number of carbonyl (C=O) groups is 1. The minimum atomic E-state index is -0.535. The molecule has 0 saturated carbocycles. The summed E-state index contributed by atoms with van der Waals surface area (Å²) in [6, 6.07) is 9.36. The molecule has 1 aliphatic rings. The Morgan fingerprint density at radius 1 is 1.23 bits per heavy atom. The molecule has 0 spiro atoms. The van der Waals surface area contributed by atoms with Gasteiger partial charge >= 0.3 is 0 Å². The van der Waals surface area contributed by atoms with E-state index in [2.05, 4.69) is 25.8 Å². The third-order valence-corrected chi connectivity index (χ3v) is 5.12. The predicted molar refractivity (Wildman–Crippen MR) is 107 cm³/mol. The topological polar surface area (TPSA) is 45.7 Å². The zero-order valence-corrected chi connectivity index (χ0v) is 17.1. The highest BCUT2D eigenvalue weighted by Gasteiger charge is 2.26. The standard InChI is InChI=1S/C19H21BrClN3O2/c1-13-11-16(21)4-5-17(13)26-14(2)19(25)24-9-7-23(8-10-24)18-6-3-15(20)12-22-18/h3-6,11-12,14H,7-10H2,1-2H3. The van der Waals surface area contributed by atoms with E-state index in [4.69, 9.17) is 16.3 Å². The number of ether oxygens (including phenoxy) is 1. The van der Waals surface area contributed by atoms with Gasteiger partial charge in [-0.1, -0.05) is 11.6 Å². The number of anilines is 1. The van der Waals surface area contributed by atoms with Crippen LogP contribution in [-0.4, -0.2) is 48.1 Å². The largest absolute Gasteiger partial charge is 0.481 e. The van der Waals surface area contributed by atoms with Crippen molar-refractivity contribution in [3.63, 3.8) is 0 Å². The van der Waals surface area contributed by atoms with Crippen LogP contribution >= 0.6 is 27.5 Å². The number of carbonyl (C=O) groups excluding carboxylic acids is 1. The number of nitrogens with zero attached hydrogens (tertiary/aromatic N) is 3. The van der Waals surface area contributed by atoms with E-state index in [1.54, 1.807) is 25.3 Å². The molecule has 1 aliphatic heterocycles. The summed E-state index contributed by atoms with van der Waals surface area (Å²) in [5.74, 6) is 1.62. The van der Waals surface area contributed by atoms with Gasteiger partial charge in [0.2, 0.25) is 0 Å². The molecular weight excluding hydrogens is 418 g/mol. The van der Waals surface area contributed by atoms with Crippen LogP contribution in [0.1, 0.15) is 12.5 Å². The lowest BCUT2D eigenvalue weighted by molar-refractivity contribution is -0.138. The van der Waals surface area contributed by atoms with Gasteiger partial charge in [-0.2, -0.15) is 0 Å². The molecule has 0 N–H and O–H groups in total. The zero-order valence-electron chi connectivity index (χ0n) is 14.8. The average Bonchev–Trinajstić information content (AvgIpc) is 2.64. The van der Waals surface area contributed by atoms with Crippen LogP contribution in [0.5, 0.6) is 5.75 Å². The lowest BCUT2D eigenvalue weighted by Crippen LogP contribution is -2.52. The molecule has 3 rings (SSSR count). The summed E-state index contributed by atoms with van der Waals surface area (Å²) in [6.45, 7) is 6.54. The molecule has 1 unspecified atom stereocenters. The van der Waals surface area contributed by atoms with Crippen LogP contribution in [0.2, 0.25) is 5.02 Å². The van der Waals surface area contributed by atoms with E-state index in [-0.39, 0.29) is 5.91 Å². The van der Waals surface area contributed by atoms with Crippen molar-refractivity contribution in [1.29, 1.82) is 0 Å². The average molecular weight is 439 g/mol. The number of rotatable bonds is 4. The van der Waals surface area contributed by atoms with Gasteiger partial charge in [0.15, 0.2) is 6.10 Å². The second kappa shape index (κ2) is 8.27. The van der Waals surface area contributed by atoms with Crippen molar-refractivity contribution in [3.8, 4) is 5.75 Å². The molecule has 26 heavy (non-hydrogen) atoms. The first-order valence-corrected chi connectivity index (χ1v) is 9.69. The summed E-state index contributed by atoms with van der Waals surface area (Å²) in [6.07, 6.45) is 1.25. The molecule has 1 fully saturated rings. The van der Waals surface area contributed by atoms with Crippen molar-refractivity contribution in [1.82, 2.24) is 9.88 Å². The first-order valence-electron chi connectivity index (χ1n) is 8.52. The van der Waals surface area contributed by atoms with Crippen molar-refractivity contribution in [2.24, 2.45) is 0 Å². The van der Waals surface area contributed by atoms with E-state index in [9.17, 15) is 4.79 Å². The SMILES string of the molecule is Cc1cc(Cl)ccc1OC(C)C(=O)N1CCN(c2ccc(Br)cn2)CC1. The highest BCUT2D eigenvalue weighted by Crippen LogP contribution is 2.23. The van der Waals surface area contributed by atoms with E-state index in [1.165, 1.54) is 0 Å². The fourth-order valence-electron chi connectivity index (χ4n) is 2.95. The quantitative estimate of drug-likeness (QED) is 0.726. The Balaban J connectivity index is 1.56. The lowest BCUT2D eigenvalue weighted by atomic mass is 10.2. The molecule has 7 heteroatoms. The number of hydrogen-bond donors (Lipinski definition) is 0. The highest BCUT2D eigenvalue weighted by molar-refractivity contribution is 9.10. The van der Waals surface area contributed by atoms with Gasteiger partial charge in [-0.15, -0.1) is 0 Å². The monoisotopic (exact) mass is 437 g/mol. The Kier molecular flexibility index (Phi) is 6.04. The summed E-state index contributed by atoms with van der Waals surface area (Å²) >= 11 is 9.36. The van der Waals surface area contributed by atoms with Crippen molar-refractivity contribution < 1.29 is 9.53 Å². The number of aromatic nitrogens is 1. The molecule has 5 nitrogen and oxygen atoms in total. The van der Waals surface area contributed by atoms with Gasteiger partial charge in [0, 0.05) is 41.9 Å². The Labute approximate surface area is 167 Å². The fraction of sp³-hybridized carbons (Fsp3) is 0.368. The van der Waals surface area contributed by atoms with Gasteiger partial charge in [-0.3, -0.25) is 4.79 Å². The molecular formula is C19H21BrClN3O2. The van der Waals surface area contributed by atoms with E-state index in [0.717, 1.165) is 28.9 Å². The molecule has 1 atom stereocenters. The van der Waals surface area contributed by atoms with Gasteiger partial charge in [-0.25, -0.2) is 4.98 Å². The maximum absolute atomic E-state index is 12.7. The lowest BCUT2D eigenvalue weighted by Gasteiger charge is -2.36. The Morgan fingerprint density at radius 3 is 2.58 bits per heavy atom. The van der Waals surface area contributed by atoms with Crippen LogP contribution < -0.4 is 9.64 Å². The van der Waals surface area contributed by atoms with Gasteiger partial charge in [0.25, 0.3) is 5.91 Å². The summed E-state index contributed by atoms with van der Waals surface area (Å²) in [5, 5.41) is 0.659. The van der Waals surface area contributed by atoms with Crippen LogP contribution in [0.15, 0.2) is 41.0 Å². The summed E-state index contributed by atoms with van der Waals surface area (Å²) in [5.41, 5.74) is 0.920. The van der Waals surface area contributed by atoms with E-state index < -0.39 is 6.10 Å². The highest BCUT2D eigenvalue weighted by atomic mass is 79.9. The van der Waals surface area contributed by atoms with Crippen LogP contribution in [0.3, 0.4) is 0 Å². The third-order valence-electron chi connectivity index (χ3n) is 4.42. The minimum Gasteiger partial charge on any atom is -0.481 e. The molecule has 2 heterocycles. The molecule has 1 saturated heterocycles. The van der Waals surface area contributed by atoms with Crippen molar-refractivity contribution in [2.45, 2.75) is 20.0 Å². The normalized spacial score (nSPS) is 15.7. The number of aryl methyl sites for hydroxylation is 1. The number of pyridine rings is 1. The maximum Gasteiger partial charge on any atom is 0.263 e. The predicted octanol–water partition coefficient (Wildman–Crippen LogP) is 3.92. The second-order valence-corrected chi connectivity index (χ2v) is 7.67. The summed E-state index contributed by atoms with van der Waals surface area (Å²) in [7, 11) is 0. The van der Waals surface area contributed by atoms with Gasteiger partial charge < -0.3 is 14.5 Å². The molecule has 0 radical (unpaired) electrons. The zero-order chi connectivity index (χ0) is 18.7. The number of amides is 1. The molecule has 1 aromatic heterocycles. The minimum absolute atomic E-state index is 0.00256. The molecule has 138 valence electrons. The Morgan fingerprint density at radius 2 is 1.96 bits per heavy atom. The first kappa shape index (κ1) is 19.0. The summed E-state index contributed by atoms with van der Waals surface area (Å²) in [4.78, 5) is 21.2. The Hall–Kier alpha value is -1.79. The fourth-order valence-corrected chi connectivity index (χ4v) is 3.42. The smallest absolute Gasteiger partial charge is 0.263 e. The number of halogens is 2.